The van der Waals surface area contributed by atoms with Crippen molar-refractivity contribution in [1.82, 2.24) is 0 Å². The van der Waals surface area contributed by atoms with Gasteiger partial charge in [0.2, 0.25) is 0 Å². The van der Waals surface area contributed by atoms with Crippen molar-refractivity contribution in [2.75, 3.05) is 0 Å². The van der Waals surface area contributed by atoms with E-state index < -0.39 is 12.1 Å². The first-order valence-electron chi connectivity index (χ1n) is 7.52. The van der Waals surface area contributed by atoms with Crippen LogP contribution in [-0.2, 0) is 25.7 Å². The Morgan fingerprint density at radius 2 is 1.57 bits per heavy atom. The van der Waals surface area contributed by atoms with Gasteiger partial charge in [-0.15, -0.1) is 0 Å². The number of hydrogen-bond acceptors (Lipinski definition) is 4. The van der Waals surface area contributed by atoms with Crippen molar-refractivity contribution in [2.45, 2.75) is 33.0 Å². The Labute approximate surface area is 136 Å². The van der Waals surface area contributed by atoms with Gasteiger partial charge >= 0.3 is 11.9 Å². The average Bonchev–Trinajstić information content (AvgIpc) is 2.53. The van der Waals surface area contributed by atoms with Crippen molar-refractivity contribution >= 4 is 11.9 Å². The van der Waals surface area contributed by atoms with Crippen molar-refractivity contribution in [1.29, 1.82) is 0 Å². The first-order valence-corrected chi connectivity index (χ1v) is 7.52. The minimum Gasteiger partial charge on any atom is -0.462 e. The first kappa shape index (κ1) is 16.7. The zero-order valence-electron chi connectivity index (χ0n) is 13.3. The lowest BCUT2D eigenvalue weighted by atomic mass is 10.0. The maximum Gasteiger partial charge on any atom is 0.309 e. The van der Waals surface area contributed by atoms with Gasteiger partial charge in [0.25, 0.3) is 0 Å². The highest BCUT2D eigenvalue weighted by Crippen LogP contribution is 2.19. The summed E-state index contributed by atoms with van der Waals surface area (Å²) in [5.74, 6) is -0.785. The van der Waals surface area contributed by atoms with Gasteiger partial charge < -0.3 is 9.47 Å². The van der Waals surface area contributed by atoms with Gasteiger partial charge in [0.1, 0.15) is 12.7 Å². The van der Waals surface area contributed by atoms with Gasteiger partial charge in [0, 0.05) is 6.92 Å². The van der Waals surface area contributed by atoms with E-state index in [9.17, 15) is 9.59 Å². The summed E-state index contributed by atoms with van der Waals surface area (Å²) in [6.07, 6.45) is -0.415. The van der Waals surface area contributed by atoms with Gasteiger partial charge in [-0.25, -0.2) is 0 Å². The molecule has 0 aliphatic heterocycles. The van der Waals surface area contributed by atoms with Crippen molar-refractivity contribution in [3.05, 3.63) is 60.2 Å². The molecule has 2 aromatic rings. The van der Waals surface area contributed by atoms with Crippen LogP contribution in [0, 0.1) is 0 Å². The van der Waals surface area contributed by atoms with Crippen molar-refractivity contribution in [2.24, 2.45) is 0 Å². The summed E-state index contributed by atoms with van der Waals surface area (Å²) < 4.78 is 10.1. The summed E-state index contributed by atoms with van der Waals surface area (Å²) in [6, 6.07) is 17.9. The highest BCUT2D eigenvalue weighted by molar-refractivity contribution is 5.71. The summed E-state index contributed by atoms with van der Waals surface area (Å²) in [4.78, 5) is 22.5. The van der Waals surface area contributed by atoms with Crippen LogP contribution >= 0.6 is 0 Å². The van der Waals surface area contributed by atoms with Crippen LogP contribution in [-0.4, -0.2) is 18.0 Å². The molecule has 0 N–H and O–H groups in total. The third-order valence-electron chi connectivity index (χ3n) is 3.28. The van der Waals surface area contributed by atoms with Crippen LogP contribution in [0.15, 0.2) is 54.6 Å². The topological polar surface area (TPSA) is 52.6 Å². The van der Waals surface area contributed by atoms with Crippen LogP contribution in [0.1, 0.15) is 25.8 Å². The van der Waals surface area contributed by atoms with Gasteiger partial charge in [-0.2, -0.15) is 0 Å². The lowest BCUT2D eigenvalue weighted by molar-refractivity contribution is -0.153. The summed E-state index contributed by atoms with van der Waals surface area (Å²) in [5, 5.41) is 0. The summed E-state index contributed by atoms with van der Waals surface area (Å²) in [7, 11) is 0. The highest BCUT2D eigenvalue weighted by Gasteiger charge is 2.12. The van der Waals surface area contributed by atoms with E-state index in [-0.39, 0.29) is 19.0 Å². The molecule has 0 aromatic heterocycles. The molecule has 0 bridgehead atoms. The Balaban J connectivity index is 1.84. The molecule has 4 nitrogen and oxygen atoms in total. The predicted octanol–water partition coefficient (Wildman–Crippen LogP) is 3.74. The largest absolute Gasteiger partial charge is 0.462 e. The Kier molecular flexibility index (Phi) is 5.92. The number of carbonyl (C=O) groups is 2. The summed E-state index contributed by atoms with van der Waals surface area (Å²) >= 11 is 0. The van der Waals surface area contributed by atoms with E-state index in [1.165, 1.54) is 6.92 Å². The fraction of sp³-hybridized carbons (Fsp3) is 0.263. The molecule has 0 radical (unpaired) electrons. The molecule has 0 fully saturated rings. The van der Waals surface area contributed by atoms with Crippen LogP contribution in [0.5, 0.6) is 0 Å². The molecule has 0 spiro atoms. The number of hydrogen-bond donors (Lipinski definition) is 0. The standard InChI is InChI=1S/C19H20O4/c1-14(23-15(2)20)12-19(21)22-13-16-8-10-18(11-9-16)17-6-4-3-5-7-17/h3-11,14H,12-13H2,1-2H3. The number of ether oxygens (including phenoxy) is 2. The monoisotopic (exact) mass is 312 g/mol. The second-order valence-electron chi connectivity index (χ2n) is 5.35. The van der Waals surface area contributed by atoms with E-state index in [1.807, 2.05) is 54.6 Å². The molecule has 2 rings (SSSR count). The molecule has 0 aliphatic carbocycles. The molecule has 0 saturated carbocycles. The molecule has 0 heterocycles. The minimum atomic E-state index is -0.472. The molecule has 23 heavy (non-hydrogen) atoms. The number of rotatable bonds is 6. The van der Waals surface area contributed by atoms with Crippen molar-refractivity contribution < 1.29 is 19.1 Å². The van der Waals surface area contributed by atoms with Crippen LogP contribution < -0.4 is 0 Å². The van der Waals surface area contributed by atoms with Gasteiger partial charge in [0.15, 0.2) is 0 Å². The fourth-order valence-corrected chi connectivity index (χ4v) is 2.21. The number of benzene rings is 2. The molecule has 2 aromatic carbocycles. The Hall–Kier alpha value is -2.62. The molecule has 0 saturated heterocycles. The Morgan fingerprint density at radius 3 is 2.17 bits per heavy atom. The normalized spacial score (nSPS) is 11.6. The van der Waals surface area contributed by atoms with E-state index in [4.69, 9.17) is 9.47 Å². The number of carbonyl (C=O) groups excluding carboxylic acids is 2. The quantitative estimate of drug-likeness (QED) is 0.763. The average molecular weight is 312 g/mol. The van der Waals surface area contributed by atoms with Crippen LogP contribution in [0.4, 0.5) is 0 Å². The van der Waals surface area contributed by atoms with Gasteiger partial charge in [-0.05, 0) is 23.6 Å². The molecular weight excluding hydrogens is 292 g/mol. The van der Waals surface area contributed by atoms with Crippen LogP contribution in [0.2, 0.25) is 0 Å². The van der Waals surface area contributed by atoms with E-state index in [0.717, 1.165) is 16.7 Å². The predicted molar refractivity (Wildman–Crippen MR) is 87.5 cm³/mol. The van der Waals surface area contributed by atoms with E-state index in [2.05, 4.69) is 0 Å². The third kappa shape index (κ3) is 5.58. The van der Waals surface area contributed by atoms with Gasteiger partial charge in [-0.1, -0.05) is 54.6 Å². The Bertz CT molecular complexity index is 647. The fourth-order valence-electron chi connectivity index (χ4n) is 2.21. The zero-order valence-corrected chi connectivity index (χ0v) is 13.3. The molecule has 0 amide bonds. The Morgan fingerprint density at radius 1 is 0.957 bits per heavy atom. The maximum atomic E-state index is 11.7. The molecule has 1 atom stereocenters. The first-order chi connectivity index (χ1) is 11.0. The molecule has 1 unspecified atom stereocenters. The van der Waals surface area contributed by atoms with Crippen molar-refractivity contribution in [3.8, 4) is 11.1 Å². The zero-order chi connectivity index (χ0) is 16.7. The summed E-state index contributed by atoms with van der Waals surface area (Å²) in [5.41, 5.74) is 3.17. The van der Waals surface area contributed by atoms with E-state index >= 15 is 0 Å². The second-order valence-corrected chi connectivity index (χ2v) is 5.35. The smallest absolute Gasteiger partial charge is 0.309 e. The second kappa shape index (κ2) is 8.13. The van der Waals surface area contributed by atoms with Crippen LogP contribution in [0.3, 0.4) is 0 Å². The molecular formula is C19H20O4. The molecule has 120 valence electrons. The maximum absolute atomic E-state index is 11.7. The molecule has 4 heteroatoms. The van der Waals surface area contributed by atoms with Gasteiger partial charge in [-0.3, -0.25) is 9.59 Å². The lowest BCUT2D eigenvalue weighted by Gasteiger charge is -2.11. The third-order valence-corrected chi connectivity index (χ3v) is 3.28. The highest BCUT2D eigenvalue weighted by atomic mass is 16.6. The minimum absolute atomic E-state index is 0.0572. The van der Waals surface area contributed by atoms with Gasteiger partial charge in [0.05, 0.1) is 6.42 Å². The molecule has 0 aliphatic rings. The summed E-state index contributed by atoms with van der Waals surface area (Å²) in [6.45, 7) is 3.19. The lowest BCUT2D eigenvalue weighted by Crippen LogP contribution is -2.18. The van der Waals surface area contributed by atoms with Crippen molar-refractivity contribution in [3.63, 3.8) is 0 Å². The van der Waals surface area contributed by atoms with Crippen LogP contribution in [0.25, 0.3) is 11.1 Å². The SMILES string of the molecule is CC(=O)OC(C)CC(=O)OCc1ccc(-c2ccccc2)cc1. The van der Waals surface area contributed by atoms with E-state index in [1.54, 1.807) is 6.92 Å². The number of esters is 2. The van der Waals surface area contributed by atoms with E-state index in [0.29, 0.717) is 0 Å².